The lowest BCUT2D eigenvalue weighted by atomic mass is 10.0. The first-order valence-corrected chi connectivity index (χ1v) is 15.5. The van der Waals surface area contributed by atoms with E-state index < -0.39 is 0 Å². The molecular weight excluding hydrogens is 570 g/mol. The lowest BCUT2D eigenvalue weighted by Crippen LogP contribution is -2.18. The van der Waals surface area contributed by atoms with Crippen molar-refractivity contribution in [2.75, 3.05) is 15.1 Å². The van der Waals surface area contributed by atoms with Crippen molar-refractivity contribution < 1.29 is 14.2 Å². The molecule has 0 fully saturated rings. The summed E-state index contributed by atoms with van der Waals surface area (Å²) in [5, 5.41) is 3.63. The van der Waals surface area contributed by atoms with Crippen LogP contribution < -0.4 is 29.3 Å². The number of benzene rings is 6. The molecule has 0 saturated heterocycles. The minimum absolute atomic E-state index is 0.761. The first kappa shape index (κ1) is 26.5. The van der Waals surface area contributed by atoms with Gasteiger partial charge in [-0.25, -0.2) is 0 Å². The van der Waals surface area contributed by atoms with Crippen LogP contribution in [0.4, 0.5) is 45.5 Å². The Labute approximate surface area is 268 Å². The van der Waals surface area contributed by atoms with E-state index >= 15 is 0 Å². The molecule has 6 aromatic rings. The molecule has 6 aromatic carbocycles. The maximum Gasteiger partial charge on any atom is 0.155 e. The Balaban J connectivity index is 1.15. The van der Waals surface area contributed by atoms with Gasteiger partial charge < -0.3 is 29.3 Å². The van der Waals surface area contributed by atoms with Gasteiger partial charge in [0.1, 0.15) is 0 Å². The zero-order chi connectivity index (χ0) is 31.1. The van der Waals surface area contributed by atoms with Gasteiger partial charge in [0.15, 0.2) is 34.5 Å². The van der Waals surface area contributed by atoms with E-state index in [2.05, 4.69) is 134 Å². The molecule has 224 valence electrons. The molecule has 9 rings (SSSR count). The minimum Gasteiger partial charge on any atom is -0.453 e. The van der Waals surface area contributed by atoms with Crippen molar-refractivity contribution >= 4 is 45.5 Å². The second kappa shape index (κ2) is 9.81. The SMILES string of the molecule is Cc1ccc2c(c1)Oc1ccccc1N2c1ccc2c(c1)Oc1c(ccc(N3c4ccc(C)cc4Oc4ccc(C)cc43)c1C)N2. The number of para-hydroxylation sites is 2. The van der Waals surface area contributed by atoms with Crippen molar-refractivity contribution in [1.82, 2.24) is 0 Å². The van der Waals surface area contributed by atoms with Gasteiger partial charge in [-0.2, -0.15) is 0 Å². The average molecular weight is 602 g/mol. The first-order chi connectivity index (χ1) is 22.4. The lowest BCUT2D eigenvalue weighted by molar-refractivity contribution is 0.473. The molecular formula is C40H31N3O3. The van der Waals surface area contributed by atoms with Gasteiger partial charge in [-0.15, -0.1) is 0 Å². The van der Waals surface area contributed by atoms with Crippen LogP contribution in [0.5, 0.6) is 34.5 Å². The average Bonchev–Trinajstić information content (AvgIpc) is 3.06. The summed E-state index contributed by atoms with van der Waals surface area (Å²) in [6.07, 6.45) is 0. The molecule has 6 heteroatoms. The number of fused-ring (bicyclic) bond motifs is 6. The van der Waals surface area contributed by atoms with Gasteiger partial charge in [-0.3, -0.25) is 0 Å². The highest BCUT2D eigenvalue weighted by molar-refractivity contribution is 5.92. The molecule has 0 atom stereocenters. The number of hydrogen-bond donors (Lipinski definition) is 1. The van der Waals surface area contributed by atoms with Crippen LogP contribution in [0, 0.1) is 27.7 Å². The molecule has 0 bridgehead atoms. The molecule has 0 saturated carbocycles. The molecule has 46 heavy (non-hydrogen) atoms. The summed E-state index contributed by atoms with van der Waals surface area (Å²) in [6, 6.07) is 37.7. The molecule has 6 nitrogen and oxygen atoms in total. The standard InChI is InChI=1S/C40H31N3O3/c1-23-11-18-36-34(19-23)43(33-16-10-25(3)21-39(33)45-36)30-17-14-29-40(26(30)4)46-37-22-27(12-13-28(37)41-29)42-31-7-5-6-8-35(31)44-38-20-24(2)9-15-32(38)42/h5-22,41H,1-4H3. The van der Waals surface area contributed by atoms with Crippen LogP contribution in [0.25, 0.3) is 0 Å². The van der Waals surface area contributed by atoms with E-state index in [1.807, 2.05) is 18.2 Å². The summed E-state index contributed by atoms with van der Waals surface area (Å²) < 4.78 is 19.5. The minimum atomic E-state index is 0.761. The zero-order valence-corrected chi connectivity index (χ0v) is 26.0. The summed E-state index contributed by atoms with van der Waals surface area (Å²) >= 11 is 0. The van der Waals surface area contributed by atoms with Gasteiger partial charge in [0.2, 0.25) is 0 Å². The van der Waals surface area contributed by atoms with E-state index in [4.69, 9.17) is 14.2 Å². The van der Waals surface area contributed by atoms with Gasteiger partial charge in [-0.05, 0) is 117 Å². The smallest absolute Gasteiger partial charge is 0.155 e. The third-order valence-electron chi connectivity index (χ3n) is 8.94. The molecule has 3 aliphatic rings. The molecule has 0 aromatic heterocycles. The normalized spacial score (nSPS) is 13.4. The Kier molecular flexibility index (Phi) is 5.66. The fourth-order valence-corrected chi connectivity index (χ4v) is 6.67. The van der Waals surface area contributed by atoms with Crippen molar-refractivity contribution in [3.8, 4) is 34.5 Å². The largest absolute Gasteiger partial charge is 0.453 e. The van der Waals surface area contributed by atoms with E-state index in [1.54, 1.807) is 0 Å². The summed E-state index contributed by atoms with van der Waals surface area (Å²) in [5.74, 6) is 4.88. The monoisotopic (exact) mass is 601 g/mol. The summed E-state index contributed by atoms with van der Waals surface area (Å²) in [4.78, 5) is 4.52. The summed E-state index contributed by atoms with van der Waals surface area (Å²) in [5.41, 5.74) is 12.3. The van der Waals surface area contributed by atoms with E-state index in [0.29, 0.717) is 0 Å². The van der Waals surface area contributed by atoms with E-state index in [0.717, 1.165) is 96.7 Å². The maximum atomic E-state index is 6.81. The Morgan fingerprint density at radius 1 is 0.435 bits per heavy atom. The molecule has 3 heterocycles. The Morgan fingerprint density at radius 2 is 1.04 bits per heavy atom. The molecule has 0 spiro atoms. The number of nitrogens with zero attached hydrogens (tertiary/aromatic N) is 2. The quantitative estimate of drug-likeness (QED) is 0.213. The molecule has 0 unspecified atom stereocenters. The fraction of sp³-hybridized carbons (Fsp3) is 0.100. The van der Waals surface area contributed by atoms with Crippen LogP contribution in [0.15, 0.2) is 109 Å². The number of ether oxygens (including phenoxy) is 3. The number of nitrogens with one attached hydrogen (secondary N) is 1. The highest BCUT2D eigenvalue weighted by atomic mass is 16.5. The number of aryl methyl sites for hydroxylation is 3. The van der Waals surface area contributed by atoms with Crippen LogP contribution in [0.3, 0.4) is 0 Å². The van der Waals surface area contributed by atoms with Crippen molar-refractivity contribution in [2.24, 2.45) is 0 Å². The van der Waals surface area contributed by atoms with Crippen molar-refractivity contribution in [1.29, 1.82) is 0 Å². The van der Waals surface area contributed by atoms with E-state index in [9.17, 15) is 0 Å². The molecule has 0 amide bonds. The Morgan fingerprint density at radius 3 is 1.83 bits per heavy atom. The van der Waals surface area contributed by atoms with Gasteiger partial charge in [-0.1, -0.05) is 30.3 Å². The zero-order valence-electron chi connectivity index (χ0n) is 26.0. The Hall–Kier alpha value is -5.88. The molecule has 0 radical (unpaired) electrons. The van der Waals surface area contributed by atoms with Crippen LogP contribution in [0.1, 0.15) is 22.3 Å². The highest BCUT2D eigenvalue weighted by Gasteiger charge is 2.31. The van der Waals surface area contributed by atoms with Crippen molar-refractivity contribution in [3.63, 3.8) is 0 Å². The molecule has 0 aliphatic carbocycles. The third kappa shape index (κ3) is 4.03. The van der Waals surface area contributed by atoms with Crippen LogP contribution in [-0.4, -0.2) is 0 Å². The molecule has 1 N–H and O–H groups in total. The Bertz CT molecular complexity index is 2240. The fourth-order valence-electron chi connectivity index (χ4n) is 6.67. The van der Waals surface area contributed by atoms with E-state index in [1.165, 1.54) is 5.56 Å². The second-order valence-corrected chi connectivity index (χ2v) is 12.3. The molecule has 3 aliphatic heterocycles. The predicted octanol–water partition coefficient (Wildman–Crippen LogP) is 11.9. The number of anilines is 8. The lowest BCUT2D eigenvalue weighted by Gasteiger charge is -2.35. The highest BCUT2D eigenvalue weighted by Crippen LogP contribution is 2.56. The number of hydrogen-bond acceptors (Lipinski definition) is 6. The van der Waals surface area contributed by atoms with Gasteiger partial charge in [0.05, 0.1) is 45.5 Å². The topological polar surface area (TPSA) is 46.2 Å². The van der Waals surface area contributed by atoms with Gasteiger partial charge >= 0.3 is 0 Å². The third-order valence-corrected chi connectivity index (χ3v) is 8.94. The van der Waals surface area contributed by atoms with Crippen LogP contribution in [-0.2, 0) is 0 Å². The van der Waals surface area contributed by atoms with Crippen molar-refractivity contribution in [2.45, 2.75) is 27.7 Å². The maximum absolute atomic E-state index is 6.81. The van der Waals surface area contributed by atoms with E-state index in [-0.39, 0.29) is 0 Å². The number of rotatable bonds is 2. The van der Waals surface area contributed by atoms with Gasteiger partial charge in [0, 0.05) is 11.6 Å². The second-order valence-electron chi connectivity index (χ2n) is 12.3. The summed E-state index contributed by atoms with van der Waals surface area (Å²) in [6.45, 7) is 8.40. The summed E-state index contributed by atoms with van der Waals surface area (Å²) in [7, 11) is 0. The van der Waals surface area contributed by atoms with Crippen molar-refractivity contribution in [3.05, 3.63) is 131 Å². The van der Waals surface area contributed by atoms with Crippen LogP contribution in [0.2, 0.25) is 0 Å². The predicted molar refractivity (Wildman–Crippen MR) is 185 cm³/mol. The van der Waals surface area contributed by atoms with Gasteiger partial charge in [0.25, 0.3) is 0 Å². The van der Waals surface area contributed by atoms with Crippen LogP contribution >= 0.6 is 0 Å². The first-order valence-electron chi connectivity index (χ1n) is 15.5.